The van der Waals surface area contributed by atoms with E-state index in [1.807, 2.05) is 12.1 Å². The average Bonchev–Trinajstić information content (AvgIpc) is 2.90. The van der Waals surface area contributed by atoms with E-state index < -0.39 is 8.60 Å². The van der Waals surface area contributed by atoms with Crippen molar-refractivity contribution < 1.29 is 14.3 Å². The van der Waals surface area contributed by atoms with Crippen molar-refractivity contribution in [3.63, 3.8) is 0 Å². The monoisotopic (exact) mass is 550 g/mol. The van der Waals surface area contributed by atoms with Gasteiger partial charge < -0.3 is 14.3 Å². The second-order valence-electron chi connectivity index (χ2n) is 11.5. The van der Waals surface area contributed by atoms with Crippen LogP contribution in [0.4, 0.5) is 0 Å². The van der Waals surface area contributed by atoms with Crippen LogP contribution in [-0.2, 0) is 12.8 Å². The molecule has 0 bridgehead atoms. The molecule has 222 valence electrons. The van der Waals surface area contributed by atoms with Crippen molar-refractivity contribution in [1.82, 2.24) is 0 Å². The molecule has 0 aliphatic heterocycles. The smallest absolute Gasteiger partial charge is 0.391 e. The summed E-state index contributed by atoms with van der Waals surface area (Å²) in [6.45, 7) is 4.56. The maximum atomic E-state index is 9.48. The fourth-order valence-electron chi connectivity index (χ4n) is 5.60. The summed E-state index contributed by atoms with van der Waals surface area (Å²) < 4.78 is 5.43. The van der Waals surface area contributed by atoms with E-state index in [4.69, 9.17) is 4.52 Å². The van der Waals surface area contributed by atoms with Gasteiger partial charge >= 0.3 is 8.60 Å². The minimum atomic E-state index is -2.37. The summed E-state index contributed by atoms with van der Waals surface area (Å²) in [4.78, 5) is 19.0. The lowest BCUT2D eigenvalue weighted by atomic mass is 9.95. The second kappa shape index (κ2) is 26.6. The molecule has 0 spiro atoms. The summed E-state index contributed by atoms with van der Waals surface area (Å²) in [6.07, 6.45) is 34.6. The number of benzene rings is 1. The minimum Gasteiger partial charge on any atom is -0.427 e. The van der Waals surface area contributed by atoms with Crippen molar-refractivity contribution >= 4 is 8.60 Å². The molecule has 0 aliphatic rings. The van der Waals surface area contributed by atoms with Gasteiger partial charge in [-0.2, -0.15) is 0 Å². The molecule has 38 heavy (non-hydrogen) atoms. The molecule has 0 unspecified atom stereocenters. The summed E-state index contributed by atoms with van der Waals surface area (Å²) >= 11 is 0. The maximum Gasteiger partial charge on any atom is 0.391 e. The third kappa shape index (κ3) is 20.3. The van der Waals surface area contributed by atoms with Crippen LogP contribution in [-0.4, -0.2) is 9.79 Å². The molecule has 0 atom stereocenters. The van der Waals surface area contributed by atoms with Gasteiger partial charge in [-0.3, -0.25) is 0 Å². The lowest BCUT2D eigenvalue weighted by Gasteiger charge is -2.16. The number of hydrogen-bond acceptors (Lipinski definition) is 3. The van der Waals surface area contributed by atoms with Gasteiger partial charge in [-0.15, -0.1) is 0 Å². The lowest BCUT2D eigenvalue weighted by Crippen LogP contribution is -2.00. The molecule has 0 fully saturated rings. The summed E-state index contributed by atoms with van der Waals surface area (Å²) in [6, 6.07) is 6.14. The maximum absolute atomic E-state index is 9.48. The van der Waals surface area contributed by atoms with E-state index in [0.29, 0.717) is 5.75 Å². The van der Waals surface area contributed by atoms with E-state index >= 15 is 0 Å². The Bertz CT molecular complexity index is 634. The molecule has 4 heteroatoms. The Morgan fingerprint density at radius 2 is 0.868 bits per heavy atom. The Morgan fingerprint density at radius 3 is 1.26 bits per heavy atom. The van der Waals surface area contributed by atoms with Crippen LogP contribution in [0.5, 0.6) is 5.75 Å². The molecular weight excluding hydrogens is 487 g/mol. The molecule has 0 radical (unpaired) electrons. The molecule has 0 amide bonds. The number of unbranched alkanes of at least 4 members (excludes halogenated alkanes) is 22. The van der Waals surface area contributed by atoms with Crippen LogP contribution in [0.15, 0.2) is 18.2 Å². The SMILES string of the molecule is CCCCCCCCCCCCCCc1cccc(OP(O)O)c1CCCCCCCCCCCCCC. The molecule has 2 N–H and O–H groups in total. The number of aryl methyl sites for hydroxylation is 1. The third-order valence-corrected chi connectivity index (χ3v) is 8.35. The predicted octanol–water partition coefficient (Wildman–Crippen LogP) is 11.8. The highest BCUT2D eigenvalue weighted by Gasteiger charge is 2.13. The first-order valence-electron chi connectivity index (χ1n) is 16.7. The fraction of sp³-hybridized carbons (Fsp3) is 0.824. The Morgan fingerprint density at radius 1 is 0.500 bits per heavy atom. The van der Waals surface area contributed by atoms with Crippen LogP contribution in [0.25, 0.3) is 0 Å². The van der Waals surface area contributed by atoms with Crippen molar-refractivity contribution in [3.8, 4) is 5.75 Å². The van der Waals surface area contributed by atoms with Crippen LogP contribution >= 0.6 is 8.60 Å². The van der Waals surface area contributed by atoms with Gasteiger partial charge in [0.15, 0.2) is 0 Å². The molecule has 1 aromatic carbocycles. The van der Waals surface area contributed by atoms with Gasteiger partial charge in [0.1, 0.15) is 5.75 Å². The molecule has 0 aliphatic carbocycles. The molecule has 0 aromatic heterocycles. The molecule has 3 nitrogen and oxygen atoms in total. The van der Waals surface area contributed by atoms with E-state index in [1.165, 1.54) is 159 Å². The highest BCUT2D eigenvalue weighted by atomic mass is 31.2. The first-order chi connectivity index (χ1) is 18.7. The number of rotatable bonds is 28. The molecule has 1 rings (SSSR count). The summed E-state index contributed by atoms with van der Waals surface area (Å²) in [5, 5.41) is 0. The van der Waals surface area contributed by atoms with Crippen LogP contribution in [0.3, 0.4) is 0 Å². The van der Waals surface area contributed by atoms with Gasteiger partial charge in [0.2, 0.25) is 0 Å². The molecule has 1 aromatic rings. The van der Waals surface area contributed by atoms with Gasteiger partial charge in [-0.05, 0) is 42.9 Å². The fourth-order valence-corrected chi connectivity index (χ4v) is 5.95. The topological polar surface area (TPSA) is 49.7 Å². The molecular formula is C34H63O3P. The Hall–Kier alpha value is -0.630. The standard InChI is InChI=1S/C34H63O3P/c1-3-5-7-9-11-13-15-17-19-21-23-25-28-32-29-27-31-34(37-38(35)36)33(32)30-26-24-22-20-18-16-14-12-10-8-6-4-2/h27,29,31,35-36H,3-26,28,30H2,1-2H3. The average molecular weight is 551 g/mol. The largest absolute Gasteiger partial charge is 0.427 e. The first kappa shape index (κ1) is 35.4. The molecule has 0 heterocycles. The van der Waals surface area contributed by atoms with Crippen LogP contribution in [0, 0.1) is 0 Å². The van der Waals surface area contributed by atoms with Crippen LogP contribution in [0.2, 0.25) is 0 Å². The zero-order valence-electron chi connectivity index (χ0n) is 25.4. The van der Waals surface area contributed by atoms with E-state index in [2.05, 4.69) is 19.9 Å². The molecule has 0 saturated carbocycles. The quantitative estimate of drug-likeness (QED) is 0.0805. The van der Waals surface area contributed by atoms with Gasteiger partial charge in [0.25, 0.3) is 0 Å². The van der Waals surface area contributed by atoms with E-state index in [-0.39, 0.29) is 0 Å². The van der Waals surface area contributed by atoms with E-state index in [1.54, 1.807) is 0 Å². The van der Waals surface area contributed by atoms with Crippen molar-refractivity contribution in [2.45, 2.75) is 181 Å². The van der Waals surface area contributed by atoms with Crippen molar-refractivity contribution in [3.05, 3.63) is 29.3 Å². The van der Waals surface area contributed by atoms with Crippen molar-refractivity contribution in [1.29, 1.82) is 0 Å². The molecule has 0 saturated heterocycles. The zero-order chi connectivity index (χ0) is 27.5. The van der Waals surface area contributed by atoms with E-state index in [9.17, 15) is 9.79 Å². The highest BCUT2D eigenvalue weighted by molar-refractivity contribution is 7.39. The highest BCUT2D eigenvalue weighted by Crippen LogP contribution is 2.34. The van der Waals surface area contributed by atoms with Crippen LogP contribution in [0.1, 0.15) is 179 Å². The first-order valence-corrected chi connectivity index (χ1v) is 17.8. The van der Waals surface area contributed by atoms with Crippen molar-refractivity contribution in [2.75, 3.05) is 0 Å². The van der Waals surface area contributed by atoms with Crippen LogP contribution < -0.4 is 4.52 Å². The predicted molar refractivity (Wildman–Crippen MR) is 168 cm³/mol. The van der Waals surface area contributed by atoms with Gasteiger partial charge in [0, 0.05) is 0 Å². The van der Waals surface area contributed by atoms with Gasteiger partial charge in [-0.25, -0.2) is 0 Å². The summed E-state index contributed by atoms with van der Waals surface area (Å²) in [5.41, 5.74) is 2.55. The minimum absolute atomic E-state index is 0.681. The number of hydrogen-bond donors (Lipinski definition) is 2. The second-order valence-corrected chi connectivity index (χ2v) is 12.2. The summed E-state index contributed by atoms with van der Waals surface area (Å²) in [7, 11) is -2.37. The summed E-state index contributed by atoms with van der Waals surface area (Å²) in [5.74, 6) is 0.681. The van der Waals surface area contributed by atoms with Gasteiger partial charge in [0.05, 0.1) is 0 Å². The van der Waals surface area contributed by atoms with Crippen molar-refractivity contribution in [2.24, 2.45) is 0 Å². The Labute approximate surface area is 238 Å². The lowest BCUT2D eigenvalue weighted by molar-refractivity contribution is 0.373. The normalized spacial score (nSPS) is 11.5. The van der Waals surface area contributed by atoms with E-state index in [0.717, 1.165) is 19.3 Å². The zero-order valence-corrected chi connectivity index (χ0v) is 26.3. The third-order valence-electron chi connectivity index (χ3n) is 7.99. The van der Waals surface area contributed by atoms with Gasteiger partial charge in [-0.1, -0.05) is 167 Å². The Balaban J connectivity index is 2.24. The Kier molecular flexibility index (Phi) is 24.8.